The van der Waals surface area contributed by atoms with Crippen molar-refractivity contribution < 1.29 is 9.59 Å². The van der Waals surface area contributed by atoms with E-state index in [2.05, 4.69) is 21.5 Å². The van der Waals surface area contributed by atoms with Gasteiger partial charge < -0.3 is 0 Å². The van der Waals surface area contributed by atoms with Crippen LogP contribution in [0.15, 0.2) is 35.6 Å². The molecule has 0 aliphatic carbocycles. The molecule has 8 heteroatoms. The second kappa shape index (κ2) is 7.23. The predicted octanol–water partition coefficient (Wildman–Crippen LogP) is 2.15. The number of nitriles is 1. The van der Waals surface area contributed by atoms with Crippen LogP contribution < -0.4 is 5.32 Å². The zero-order valence-corrected chi connectivity index (χ0v) is 14.3. The summed E-state index contributed by atoms with van der Waals surface area (Å²) in [5.74, 6) is -0.436. The van der Waals surface area contributed by atoms with Crippen molar-refractivity contribution in [1.29, 1.82) is 5.26 Å². The molecule has 3 rings (SSSR count). The Morgan fingerprint density at radius 3 is 2.80 bits per heavy atom. The maximum Gasteiger partial charge on any atom is 0.273 e. The second-order valence-corrected chi connectivity index (χ2v) is 6.65. The Morgan fingerprint density at radius 2 is 2.12 bits per heavy atom. The molecule has 0 unspecified atom stereocenters. The first kappa shape index (κ1) is 16.8. The molecular formula is C17H15N5O2S. The van der Waals surface area contributed by atoms with E-state index >= 15 is 0 Å². The number of benzene rings is 1. The summed E-state index contributed by atoms with van der Waals surface area (Å²) in [5, 5.41) is 17.2. The minimum absolute atomic E-state index is 0.101. The van der Waals surface area contributed by atoms with E-state index in [-0.39, 0.29) is 18.2 Å². The summed E-state index contributed by atoms with van der Waals surface area (Å²) in [5.41, 5.74) is 2.01. The van der Waals surface area contributed by atoms with Crippen LogP contribution in [0.1, 0.15) is 28.8 Å². The number of rotatable bonds is 4. The molecule has 0 saturated heterocycles. The third-order valence-electron chi connectivity index (χ3n) is 3.70. The normalized spacial score (nSPS) is 14.0. The second-order valence-electron chi connectivity index (χ2n) is 5.54. The molecule has 1 aliphatic heterocycles. The van der Waals surface area contributed by atoms with Gasteiger partial charge in [0.15, 0.2) is 5.13 Å². The molecule has 0 atom stereocenters. The van der Waals surface area contributed by atoms with Crippen molar-refractivity contribution in [3.8, 4) is 6.07 Å². The van der Waals surface area contributed by atoms with Crippen molar-refractivity contribution in [2.75, 3.05) is 12.4 Å². The Kier molecular flexibility index (Phi) is 4.86. The number of carbonyl (C=O) groups is 2. The number of nitrogens with zero attached hydrogens (tertiary/aromatic N) is 4. The molecule has 7 nitrogen and oxygen atoms in total. The number of hydrazone groups is 1. The zero-order chi connectivity index (χ0) is 17.8. The largest absolute Gasteiger partial charge is 0.297 e. The maximum atomic E-state index is 12.2. The molecule has 1 N–H and O–H groups in total. The average Bonchev–Trinajstić information content (AvgIpc) is 3.04. The highest BCUT2D eigenvalue weighted by atomic mass is 32.1. The minimum Gasteiger partial charge on any atom is -0.297 e. The number of thiazole rings is 1. The van der Waals surface area contributed by atoms with Gasteiger partial charge in [-0.05, 0) is 17.7 Å². The number of hydrogen-bond acceptors (Lipinski definition) is 6. The van der Waals surface area contributed by atoms with E-state index in [1.54, 1.807) is 18.3 Å². The van der Waals surface area contributed by atoms with Crippen LogP contribution in [0.5, 0.6) is 0 Å². The Hall–Kier alpha value is -3.05. The van der Waals surface area contributed by atoms with Crippen LogP contribution in [0.25, 0.3) is 0 Å². The van der Waals surface area contributed by atoms with E-state index < -0.39 is 0 Å². The molecule has 0 bridgehead atoms. The van der Waals surface area contributed by atoms with Gasteiger partial charge in [-0.2, -0.15) is 10.4 Å². The highest BCUT2D eigenvalue weighted by molar-refractivity contribution is 7.15. The van der Waals surface area contributed by atoms with Crippen molar-refractivity contribution in [3.63, 3.8) is 0 Å². The summed E-state index contributed by atoms with van der Waals surface area (Å²) in [6.07, 6.45) is 3.01. The summed E-state index contributed by atoms with van der Waals surface area (Å²) in [6.45, 7) is 0. The van der Waals surface area contributed by atoms with Crippen molar-refractivity contribution in [3.05, 3.63) is 46.5 Å². The van der Waals surface area contributed by atoms with E-state index in [1.807, 2.05) is 12.1 Å². The highest BCUT2D eigenvalue weighted by Gasteiger charge is 2.22. The Labute approximate surface area is 148 Å². The van der Waals surface area contributed by atoms with Crippen molar-refractivity contribution in [1.82, 2.24) is 9.99 Å². The van der Waals surface area contributed by atoms with Crippen LogP contribution in [0.2, 0.25) is 0 Å². The summed E-state index contributed by atoms with van der Waals surface area (Å²) < 4.78 is 0. The monoisotopic (exact) mass is 353 g/mol. The fourth-order valence-electron chi connectivity index (χ4n) is 2.35. The first-order chi connectivity index (χ1) is 12.0. The number of amides is 2. The summed E-state index contributed by atoms with van der Waals surface area (Å²) in [7, 11) is 1.54. The highest BCUT2D eigenvalue weighted by Crippen LogP contribution is 2.22. The molecular weight excluding hydrogens is 338 g/mol. The maximum absolute atomic E-state index is 12.2. The molecule has 0 radical (unpaired) electrons. The molecule has 1 aliphatic rings. The average molecular weight is 353 g/mol. The Bertz CT molecular complexity index is 879. The molecule has 25 heavy (non-hydrogen) atoms. The van der Waals surface area contributed by atoms with Gasteiger partial charge in [0.05, 0.1) is 11.6 Å². The van der Waals surface area contributed by atoms with Crippen LogP contribution in [-0.4, -0.2) is 34.6 Å². The molecule has 0 spiro atoms. The topological polar surface area (TPSA) is 98.4 Å². The molecule has 1 aromatic heterocycles. The van der Waals surface area contributed by atoms with Gasteiger partial charge in [0.25, 0.3) is 5.91 Å². The number of carbonyl (C=O) groups excluding carboxylic acids is 2. The summed E-state index contributed by atoms with van der Waals surface area (Å²) in [4.78, 5) is 28.8. The van der Waals surface area contributed by atoms with Gasteiger partial charge in [0, 0.05) is 37.4 Å². The molecule has 1 aromatic carbocycles. The molecule has 2 amide bonds. The third-order valence-corrected chi connectivity index (χ3v) is 4.62. The van der Waals surface area contributed by atoms with Gasteiger partial charge in [0.2, 0.25) is 5.91 Å². The summed E-state index contributed by atoms with van der Waals surface area (Å²) >= 11 is 1.39. The first-order valence-electron chi connectivity index (χ1n) is 7.64. The number of aromatic nitrogens is 1. The van der Waals surface area contributed by atoms with E-state index in [4.69, 9.17) is 5.26 Å². The van der Waals surface area contributed by atoms with Gasteiger partial charge in [-0.1, -0.05) is 12.1 Å². The van der Waals surface area contributed by atoms with E-state index in [0.29, 0.717) is 29.2 Å². The Morgan fingerprint density at radius 1 is 1.36 bits per heavy atom. The number of hydrogen-bond donors (Lipinski definition) is 1. The van der Waals surface area contributed by atoms with Crippen LogP contribution in [0.3, 0.4) is 0 Å². The quantitative estimate of drug-likeness (QED) is 0.910. The lowest BCUT2D eigenvalue weighted by Crippen LogP contribution is -2.34. The first-order valence-corrected chi connectivity index (χ1v) is 8.46. The number of anilines is 1. The van der Waals surface area contributed by atoms with E-state index in [9.17, 15) is 9.59 Å². The van der Waals surface area contributed by atoms with Gasteiger partial charge >= 0.3 is 0 Å². The molecule has 2 heterocycles. The molecule has 126 valence electrons. The standard InChI is InChI=1S/C17H15N5O2S/c1-22-15(23)7-6-14(21-22)16(24)20-17-19-10-13(25-17)8-11-2-4-12(9-18)5-3-11/h2-5,10H,6-8H2,1H3,(H,19,20,24). The lowest BCUT2D eigenvalue weighted by Gasteiger charge is -2.18. The Balaban J connectivity index is 1.63. The van der Waals surface area contributed by atoms with Crippen molar-refractivity contribution >= 4 is 34.0 Å². The lowest BCUT2D eigenvalue weighted by atomic mass is 10.1. The summed E-state index contributed by atoms with van der Waals surface area (Å²) in [6, 6.07) is 9.45. The molecule has 0 saturated carbocycles. The molecule has 0 fully saturated rings. The van der Waals surface area contributed by atoms with Gasteiger partial charge in [-0.25, -0.2) is 9.99 Å². The fourth-order valence-corrected chi connectivity index (χ4v) is 3.19. The number of nitrogens with one attached hydrogen (secondary N) is 1. The SMILES string of the molecule is CN1N=C(C(=O)Nc2ncc(Cc3ccc(C#N)cc3)s2)CCC1=O. The van der Waals surface area contributed by atoms with Crippen molar-refractivity contribution in [2.45, 2.75) is 19.3 Å². The van der Waals surface area contributed by atoms with Gasteiger partial charge in [-0.3, -0.25) is 14.9 Å². The zero-order valence-electron chi connectivity index (χ0n) is 13.5. The lowest BCUT2D eigenvalue weighted by molar-refractivity contribution is -0.130. The van der Waals surface area contributed by atoms with Gasteiger partial charge in [0.1, 0.15) is 5.71 Å². The third kappa shape index (κ3) is 4.08. The van der Waals surface area contributed by atoms with Crippen LogP contribution in [0.4, 0.5) is 5.13 Å². The fraction of sp³-hybridized carbons (Fsp3) is 0.235. The minimum atomic E-state index is -0.335. The van der Waals surface area contributed by atoms with E-state index in [1.165, 1.54) is 23.4 Å². The van der Waals surface area contributed by atoms with Crippen LogP contribution in [0, 0.1) is 11.3 Å². The smallest absolute Gasteiger partial charge is 0.273 e. The van der Waals surface area contributed by atoms with Crippen LogP contribution in [-0.2, 0) is 16.0 Å². The van der Waals surface area contributed by atoms with E-state index in [0.717, 1.165) is 10.4 Å². The predicted molar refractivity (Wildman–Crippen MR) is 94.1 cm³/mol. The van der Waals surface area contributed by atoms with Crippen LogP contribution >= 0.6 is 11.3 Å². The van der Waals surface area contributed by atoms with Crippen molar-refractivity contribution in [2.24, 2.45) is 5.10 Å². The van der Waals surface area contributed by atoms with Gasteiger partial charge in [-0.15, -0.1) is 11.3 Å². The molecule has 2 aromatic rings.